The van der Waals surface area contributed by atoms with Crippen molar-refractivity contribution in [3.8, 4) is 0 Å². The first-order valence-electron chi connectivity index (χ1n) is 9.47. The largest absolute Gasteiger partial charge is 0.323 e. The normalized spacial score (nSPS) is 12.3. The van der Waals surface area contributed by atoms with Crippen LogP contribution in [0.5, 0.6) is 0 Å². The number of anilines is 1. The molecule has 1 heterocycles. The molecular weight excluding hydrogens is 444 g/mol. The number of para-hydroxylation sites is 1. The Bertz CT molecular complexity index is 1220. The van der Waals surface area contributed by atoms with Gasteiger partial charge < -0.3 is 9.88 Å². The highest BCUT2D eigenvalue weighted by atomic mass is 32.2. The highest BCUT2D eigenvalue weighted by Gasteiger charge is 2.24. The van der Waals surface area contributed by atoms with Crippen LogP contribution in [0.25, 0.3) is 0 Å². The van der Waals surface area contributed by atoms with Crippen LogP contribution < -0.4 is 10.9 Å². The summed E-state index contributed by atoms with van der Waals surface area (Å²) in [7, 11) is -4.88. The van der Waals surface area contributed by atoms with E-state index in [1.807, 2.05) is 0 Å². The van der Waals surface area contributed by atoms with Gasteiger partial charge in [0.25, 0.3) is 5.56 Å². The van der Waals surface area contributed by atoms with Gasteiger partial charge in [-0.3, -0.25) is 9.59 Å². The van der Waals surface area contributed by atoms with Gasteiger partial charge in [-0.15, -0.1) is 0 Å². The molecule has 0 spiro atoms. The van der Waals surface area contributed by atoms with E-state index in [2.05, 4.69) is 5.32 Å². The number of benzene rings is 1. The van der Waals surface area contributed by atoms with E-state index in [1.54, 1.807) is 19.9 Å². The van der Waals surface area contributed by atoms with E-state index < -0.39 is 38.1 Å². The average molecular weight is 471 g/mol. The summed E-state index contributed by atoms with van der Waals surface area (Å²) >= 11 is 0. The fourth-order valence-electron chi connectivity index (χ4n) is 2.83. The molecule has 0 atom stereocenters. The van der Waals surface area contributed by atoms with Crippen LogP contribution in [-0.4, -0.2) is 63.1 Å². The summed E-state index contributed by atoms with van der Waals surface area (Å²) in [6.07, 6.45) is 1.11. The molecule has 12 heteroatoms. The predicted octanol–water partition coefficient (Wildman–Crippen LogP) is 0.768. The molecule has 2 rings (SSSR count). The lowest BCUT2D eigenvalue weighted by Gasteiger charge is -2.19. The van der Waals surface area contributed by atoms with Gasteiger partial charge in [-0.05, 0) is 18.2 Å². The van der Waals surface area contributed by atoms with E-state index in [-0.39, 0.29) is 28.6 Å². The number of hydrogen-bond donors (Lipinski definition) is 1. The van der Waals surface area contributed by atoms with Gasteiger partial charge in [-0.1, -0.05) is 26.0 Å². The van der Waals surface area contributed by atoms with Crippen molar-refractivity contribution in [3.05, 3.63) is 52.9 Å². The summed E-state index contributed by atoms with van der Waals surface area (Å²) in [5, 5.41) is 2.49. The molecule has 0 saturated heterocycles. The Hall–Kier alpha value is -2.54. The van der Waals surface area contributed by atoms with Gasteiger partial charge in [0, 0.05) is 39.4 Å². The van der Waals surface area contributed by atoms with E-state index in [4.69, 9.17) is 0 Å². The molecule has 0 aliphatic carbocycles. The van der Waals surface area contributed by atoms with Crippen LogP contribution in [0.2, 0.25) is 0 Å². The number of rotatable bonds is 9. The number of amides is 1. The molecular formula is C19H26N4O6S2. The first-order valence-corrected chi connectivity index (χ1v) is 12.3. The van der Waals surface area contributed by atoms with Gasteiger partial charge in [0.05, 0.1) is 10.6 Å². The van der Waals surface area contributed by atoms with Crippen LogP contribution >= 0.6 is 0 Å². The maximum absolute atomic E-state index is 12.7. The second kappa shape index (κ2) is 9.73. The minimum Gasteiger partial charge on any atom is -0.323 e. The molecule has 0 aliphatic heterocycles. The molecule has 0 unspecified atom stereocenters. The second-order valence-corrected chi connectivity index (χ2v) is 10.8. The van der Waals surface area contributed by atoms with Crippen LogP contribution in [-0.2, 0) is 31.4 Å². The topological polar surface area (TPSA) is 126 Å². The highest BCUT2D eigenvalue weighted by Crippen LogP contribution is 2.23. The van der Waals surface area contributed by atoms with Crippen molar-refractivity contribution in [2.45, 2.75) is 30.2 Å². The molecule has 1 aromatic heterocycles. The van der Waals surface area contributed by atoms with Gasteiger partial charge in [-0.2, -0.15) is 4.31 Å². The zero-order chi connectivity index (χ0) is 23.4. The van der Waals surface area contributed by atoms with E-state index in [0.717, 1.165) is 21.1 Å². The Morgan fingerprint density at radius 2 is 1.58 bits per heavy atom. The minimum absolute atomic E-state index is 0.0566. The van der Waals surface area contributed by atoms with Crippen LogP contribution in [0.4, 0.5) is 5.69 Å². The molecule has 0 fully saturated rings. The SMILES string of the molecule is CCN(CC)S(=O)(=O)c1ccc(=O)n(CC(=O)Nc2ccccc2S(=O)(=O)N(C)C)c1. The van der Waals surface area contributed by atoms with Crippen molar-refractivity contribution in [2.75, 3.05) is 32.5 Å². The number of aromatic nitrogens is 1. The van der Waals surface area contributed by atoms with E-state index in [1.165, 1.54) is 42.7 Å². The van der Waals surface area contributed by atoms with Crippen molar-refractivity contribution in [2.24, 2.45) is 0 Å². The third kappa shape index (κ3) is 5.39. The third-order valence-corrected chi connectivity index (χ3v) is 8.44. The lowest BCUT2D eigenvalue weighted by Crippen LogP contribution is -2.33. The zero-order valence-electron chi connectivity index (χ0n) is 17.8. The van der Waals surface area contributed by atoms with Gasteiger partial charge in [0.15, 0.2) is 0 Å². The molecule has 1 N–H and O–H groups in total. The van der Waals surface area contributed by atoms with E-state index >= 15 is 0 Å². The maximum atomic E-state index is 12.7. The number of carbonyl (C=O) groups excluding carboxylic acids is 1. The first kappa shape index (κ1) is 24.7. The Morgan fingerprint density at radius 1 is 0.968 bits per heavy atom. The fraction of sp³-hybridized carbons (Fsp3) is 0.368. The average Bonchev–Trinajstić information content (AvgIpc) is 2.70. The maximum Gasteiger partial charge on any atom is 0.251 e. The van der Waals surface area contributed by atoms with Crippen molar-refractivity contribution in [1.29, 1.82) is 0 Å². The predicted molar refractivity (Wildman–Crippen MR) is 117 cm³/mol. The molecule has 170 valence electrons. The monoisotopic (exact) mass is 470 g/mol. The molecule has 31 heavy (non-hydrogen) atoms. The Kier molecular flexibility index (Phi) is 7.76. The zero-order valence-corrected chi connectivity index (χ0v) is 19.4. The third-order valence-electron chi connectivity index (χ3n) is 4.53. The number of nitrogens with one attached hydrogen (secondary N) is 1. The Labute approximate surface area is 182 Å². The van der Waals surface area contributed by atoms with Crippen molar-refractivity contribution >= 4 is 31.6 Å². The van der Waals surface area contributed by atoms with Crippen molar-refractivity contribution in [1.82, 2.24) is 13.2 Å². The van der Waals surface area contributed by atoms with Gasteiger partial charge in [-0.25, -0.2) is 21.1 Å². The van der Waals surface area contributed by atoms with Crippen LogP contribution in [0.15, 0.2) is 57.2 Å². The summed E-state index contributed by atoms with van der Waals surface area (Å²) in [4.78, 5) is 24.5. The lowest BCUT2D eigenvalue weighted by molar-refractivity contribution is -0.116. The molecule has 1 aromatic carbocycles. The van der Waals surface area contributed by atoms with E-state index in [0.29, 0.717) is 0 Å². The second-order valence-electron chi connectivity index (χ2n) is 6.75. The van der Waals surface area contributed by atoms with Gasteiger partial charge in [0.1, 0.15) is 11.4 Å². The smallest absolute Gasteiger partial charge is 0.251 e. The molecule has 0 aliphatic rings. The number of hydrogen-bond acceptors (Lipinski definition) is 6. The van der Waals surface area contributed by atoms with Gasteiger partial charge in [0.2, 0.25) is 26.0 Å². The molecule has 10 nitrogen and oxygen atoms in total. The lowest BCUT2D eigenvalue weighted by atomic mass is 10.3. The van der Waals surface area contributed by atoms with E-state index in [9.17, 15) is 26.4 Å². The Morgan fingerprint density at radius 3 is 2.16 bits per heavy atom. The molecule has 0 radical (unpaired) electrons. The fourth-order valence-corrected chi connectivity index (χ4v) is 5.35. The molecule has 1 amide bonds. The number of nitrogens with zero attached hydrogens (tertiary/aromatic N) is 3. The minimum atomic E-state index is -3.81. The summed E-state index contributed by atoms with van der Waals surface area (Å²) in [6.45, 7) is 3.43. The van der Waals surface area contributed by atoms with Crippen molar-refractivity contribution in [3.63, 3.8) is 0 Å². The first-order chi connectivity index (χ1) is 14.4. The number of carbonyl (C=O) groups is 1. The summed E-state index contributed by atoms with van der Waals surface area (Å²) < 4.78 is 53.5. The molecule has 2 aromatic rings. The van der Waals surface area contributed by atoms with Crippen LogP contribution in [0.3, 0.4) is 0 Å². The van der Waals surface area contributed by atoms with Crippen LogP contribution in [0, 0.1) is 0 Å². The number of pyridine rings is 1. The standard InChI is InChI=1S/C19H26N4O6S2/c1-5-23(6-2)30(26,27)15-11-12-19(25)22(13-15)14-18(24)20-16-9-7-8-10-17(16)31(28,29)21(3)4/h7-13H,5-6,14H2,1-4H3,(H,20,24). The molecule has 0 saturated carbocycles. The molecule has 0 bridgehead atoms. The highest BCUT2D eigenvalue weighted by molar-refractivity contribution is 7.89. The van der Waals surface area contributed by atoms with Crippen LogP contribution in [0.1, 0.15) is 13.8 Å². The summed E-state index contributed by atoms with van der Waals surface area (Å²) in [6, 6.07) is 8.15. The number of sulfonamides is 2. The van der Waals surface area contributed by atoms with Gasteiger partial charge >= 0.3 is 0 Å². The van der Waals surface area contributed by atoms with Crippen molar-refractivity contribution < 1.29 is 21.6 Å². The Balaban J connectivity index is 2.34. The quantitative estimate of drug-likeness (QED) is 0.577. The summed E-state index contributed by atoms with van der Waals surface area (Å²) in [5.41, 5.74) is -0.510. The summed E-state index contributed by atoms with van der Waals surface area (Å²) in [5.74, 6) is -0.680.